The van der Waals surface area contributed by atoms with Gasteiger partial charge in [-0.25, -0.2) is 0 Å². The summed E-state index contributed by atoms with van der Waals surface area (Å²) in [5.41, 5.74) is 5.25. The van der Waals surface area contributed by atoms with Crippen LogP contribution >= 0.6 is 0 Å². The molecule has 1 atom stereocenters. The molecular weight excluding hydrogens is 402 g/mol. The summed E-state index contributed by atoms with van der Waals surface area (Å²) < 4.78 is 0. The van der Waals surface area contributed by atoms with Gasteiger partial charge in [0.15, 0.2) is 0 Å². The van der Waals surface area contributed by atoms with Gasteiger partial charge < -0.3 is 10.2 Å². The van der Waals surface area contributed by atoms with Crippen LogP contribution in [0.25, 0.3) is 11.1 Å². The molecular formula is C25H29N5O2. The van der Waals surface area contributed by atoms with E-state index in [0.717, 1.165) is 33.6 Å². The van der Waals surface area contributed by atoms with E-state index in [1.165, 1.54) is 0 Å². The van der Waals surface area contributed by atoms with Gasteiger partial charge in [-0.15, -0.1) is 0 Å². The molecule has 0 spiro atoms. The molecule has 0 unspecified atom stereocenters. The molecule has 1 aliphatic rings. The molecule has 32 heavy (non-hydrogen) atoms. The maximum Gasteiger partial charge on any atom is 0.228 e. The van der Waals surface area contributed by atoms with E-state index in [4.69, 9.17) is 0 Å². The Bertz CT molecular complexity index is 1100. The van der Waals surface area contributed by atoms with Crippen LogP contribution in [-0.4, -0.2) is 52.0 Å². The number of carbonyl (C=O) groups is 2. The molecule has 0 aliphatic carbocycles. The van der Waals surface area contributed by atoms with Gasteiger partial charge in [-0.3, -0.25) is 19.7 Å². The Morgan fingerprint density at radius 2 is 2.00 bits per heavy atom. The summed E-state index contributed by atoms with van der Waals surface area (Å²) in [6.07, 6.45) is 5.11. The predicted octanol–water partition coefficient (Wildman–Crippen LogP) is 2.84. The summed E-state index contributed by atoms with van der Waals surface area (Å²) in [6.45, 7) is 4.82. The van der Waals surface area contributed by atoms with Crippen molar-refractivity contribution in [1.29, 1.82) is 0 Å². The molecule has 3 heterocycles. The number of pyridine rings is 1. The number of H-pyrrole nitrogens is 1. The van der Waals surface area contributed by atoms with E-state index in [0.29, 0.717) is 32.4 Å². The lowest BCUT2D eigenvalue weighted by atomic mass is 9.79. The number of rotatable bonds is 6. The van der Waals surface area contributed by atoms with E-state index in [1.807, 2.05) is 55.3 Å². The monoisotopic (exact) mass is 431 g/mol. The van der Waals surface area contributed by atoms with Crippen molar-refractivity contribution >= 4 is 11.8 Å². The Labute approximate surface area is 188 Å². The third kappa shape index (κ3) is 4.28. The number of carbonyl (C=O) groups excluding carboxylic acids is 2. The minimum absolute atomic E-state index is 0.0183. The van der Waals surface area contributed by atoms with Crippen LogP contribution in [0.5, 0.6) is 0 Å². The third-order valence-corrected chi connectivity index (χ3v) is 6.49. The van der Waals surface area contributed by atoms with E-state index in [9.17, 15) is 9.59 Å². The van der Waals surface area contributed by atoms with Gasteiger partial charge in [0.1, 0.15) is 0 Å². The third-order valence-electron chi connectivity index (χ3n) is 6.49. The van der Waals surface area contributed by atoms with Crippen molar-refractivity contribution in [2.24, 2.45) is 5.41 Å². The minimum atomic E-state index is -0.640. The normalized spacial score (nSPS) is 18.0. The van der Waals surface area contributed by atoms with Crippen LogP contribution in [0, 0.1) is 19.3 Å². The van der Waals surface area contributed by atoms with E-state index >= 15 is 0 Å². The fourth-order valence-corrected chi connectivity index (χ4v) is 4.64. The summed E-state index contributed by atoms with van der Waals surface area (Å²) in [6, 6.07) is 12.2. The summed E-state index contributed by atoms with van der Waals surface area (Å²) >= 11 is 0. The second-order valence-corrected chi connectivity index (χ2v) is 8.63. The Morgan fingerprint density at radius 1 is 1.19 bits per heavy atom. The van der Waals surface area contributed by atoms with Gasteiger partial charge in [0, 0.05) is 43.8 Å². The Hall–Kier alpha value is -3.48. The number of aromatic amines is 1. The number of aromatic nitrogens is 3. The first-order chi connectivity index (χ1) is 15.4. The van der Waals surface area contributed by atoms with Gasteiger partial charge in [-0.2, -0.15) is 5.10 Å². The smallest absolute Gasteiger partial charge is 0.228 e. The van der Waals surface area contributed by atoms with Crippen LogP contribution in [0.15, 0.2) is 48.8 Å². The second kappa shape index (κ2) is 8.94. The summed E-state index contributed by atoms with van der Waals surface area (Å²) in [5, 5.41) is 9.96. The first-order valence-electron chi connectivity index (χ1n) is 10.9. The SMILES string of the molecule is CNC(=O)[C@]1(Cc2cccc(-c3cccnc3)c2)CCN(C(=O)Cc2c(C)n[nH]c2C)C1. The van der Waals surface area contributed by atoms with Crippen molar-refractivity contribution in [3.8, 4) is 11.1 Å². The molecule has 2 aromatic heterocycles. The van der Waals surface area contributed by atoms with Crippen molar-refractivity contribution in [3.05, 3.63) is 71.3 Å². The van der Waals surface area contributed by atoms with Gasteiger partial charge in [0.05, 0.1) is 17.5 Å². The lowest BCUT2D eigenvalue weighted by molar-refractivity contribution is -0.132. The first-order valence-corrected chi connectivity index (χ1v) is 10.9. The van der Waals surface area contributed by atoms with E-state index in [2.05, 4.69) is 26.6 Å². The van der Waals surface area contributed by atoms with Gasteiger partial charge in [0.25, 0.3) is 0 Å². The maximum absolute atomic E-state index is 13.1. The quantitative estimate of drug-likeness (QED) is 0.628. The van der Waals surface area contributed by atoms with Crippen molar-refractivity contribution in [2.75, 3.05) is 20.1 Å². The fourth-order valence-electron chi connectivity index (χ4n) is 4.64. The van der Waals surface area contributed by atoms with Crippen LogP contribution in [-0.2, 0) is 22.4 Å². The molecule has 0 bridgehead atoms. The molecule has 7 heteroatoms. The molecule has 2 amide bonds. The van der Waals surface area contributed by atoms with Crippen LogP contribution in [0.4, 0.5) is 0 Å². The highest BCUT2D eigenvalue weighted by Gasteiger charge is 2.45. The number of likely N-dealkylation sites (tertiary alicyclic amines) is 1. The van der Waals surface area contributed by atoms with Crippen LogP contribution in [0.1, 0.15) is 28.9 Å². The van der Waals surface area contributed by atoms with E-state index < -0.39 is 5.41 Å². The number of hydrogen-bond acceptors (Lipinski definition) is 4. The lowest BCUT2D eigenvalue weighted by Crippen LogP contribution is -2.44. The number of amides is 2. The number of hydrogen-bond donors (Lipinski definition) is 2. The average molecular weight is 432 g/mol. The largest absolute Gasteiger partial charge is 0.359 e. The average Bonchev–Trinajstić information content (AvgIpc) is 3.39. The van der Waals surface area contributed by atoms with Crippen molar-refractivity contribution in [2.45, 2.75) is 33.1 Å². The zero-order valence-electron chi connectivity index (χ0n) is 18.8. The van der Waals surface area contributed by atoms with Crippen LogP contribution < -0.4 is 5.32 Å². The Kier molecular flexibility index (Phi) is 6.08. The first kappa shape index (κ1) is 21.7. The summed E-state index contributed by atoms with van der Waals surface area (Å²) in [5.74, 6) is 0.0164. The molecule has 7 nitrogen and oxygen atoms in total. The zero-order valence-corrected chi connectivity index (χ0v) is 18.8. The highest BCUT2D eigenvalue weighted by Crippen LogP contribution is 2.36. The molecule has 3 aromatic rings. The van der Waals surface area contributed by atoms with Gasteiger partial charge in [0.2, 0.25) is 11.8 Å². The Morgan fingerprint density at radius 3 is 2.69 bits per heavy atom. The highest BCUT2D eigenvalue weighted by molar-refractivity contribution is 5.86. The van der Waals surface area contributed by atoms with Crippen molar-refractivity contribution in [3.63, 3.8) is 0 Å². The van der Waals surface area contributed by atoms with Crippen molar-refractivity contribution in [1.82, 2.24) is 25.4 Å². The molecule has 1 aliphatic heterocycles. The molecule has 2 N–H and O–H groups in total. The number of nitrogens with one attached hydrogen (secondary N) is 2. The molecule has 1 fully saturated rings. The maximum atomic E-state index is 13.1. The van der Waals surface area contributed by atoms with E-state index in [1.54, 1.807) is 13.2 Å². The summed E-state index contributed by atoms with van der Waals surface area (Å²) in [7, 11) is 1.67. The Balaban J connectivity index is 1.54. The van der Waals surface area contributed by atoms with Crippen molar-refractivity contribution < 1.29 is 9.59 Å². The van der Waals surface area contributed by atoms with Crippen LogP contribution in [0.3, 0.4) is 0 Å². The van der Waals surface area contributed by atoms with Gasteiger partial charge in [-0.1, -0.05) is 30.3 Å². The molecule has 1 saturated heterocycles. The second-order valence-electron chi connectivity index (χ2n) is 8.63. The van der Waals surface area contributed by atoms with Crippen LogP contribution in [0.2, 0.25) is 0 Å². The minimum Gasteiger partial charge on any atom is -0.359 e. The predicted molar refractivity (Wildman–Crippen MR) is 123 cm³/mol. The molecule has 4 rings (SSSR count). The molecule has 0 radical (unpaired) electrons. The number of benzene rings is 1. The topological polar surface area (TPSA) is 91.0 Å². The standard InChI is InChI=1S/C25H29N5O2/c1-17-22(18(2)29-28-17)13-23(31)30-11-9-25(16-30,24(32)26-3)14-19-6-4-7-20(12-19)21-8-5-10-27-15-21/h4-8,10,12,15H,9,11,13-14,16H2,1-3H3,(H,26,32)(H,28,29)/t25-/m0/s1. The highest BCUT2D eigenvalue weighted by atomic mass is 16.2. The molecule has 1 aromatic carbocycles. The summed E-state index contributed by atoms with van der Waals surface area (Å²) in [4.78, 5) is 32.1. The van der Waals surface area contributed by atoms with Gasteiger partial charge >= 0.3 is 0 Å². The lowest BCUT2D eigenvalue weighted by Gasteiger charge is -2.28. The fraction of sp³-hybridized carbons (Fsp3) is 0.360. The number of aryl methyl sites for hydroxylation is 2. The van der Waals surface area contributed by atoms with E-state index in [-0.39, 0.29) is 11.8 Å². The van der Waals surface area contributed by atoms with Gasteiger partial charge in [-0.05, 0) is 49.4 Å². The molecule has 166 valence electrons. The molecule has 0 saturated carbocycles. The zero-order chi connectivity index (χ0) is 22.7. The number of nitrogens with zero attached hydrogens (tertiary/aromatic N) is 3.